The Bertz CT molecular complexity index is 1580. The van der Waals surface area contributed by atoms with Crippen LogP contribution in [-0.2, 0) is 0 Å². The van der Waals surface area contributed by atoms with Crippen molar-refractivity contribution in [2.24, 2.45) is 0 Å². The predicted octanol–water partition coefficient (Wildman–Crippen LogP) is 5.93. The normalized spacial score (nSPS) is 14.3. The monoisotopic (exact) mass is 484 g/mol. The number of para-hydroxylation sites is 1. The molecule has 3 heterocycles. The van der Waals surface area contributed by atoms with Crippen LogP contribution < -0.4 is 4.90 Å². The van der Waals surface area contributed by atoms with Gasteiger partial charge in [-0.1, -0.05) is 47.2 Å². The van der Waals surface area contributed by atoms with Crippen LogP contribution in [0.5, 0.6) is 0 Å². The molecule has 0 atom stereocenters. The number of halogens is 1. The lowest BCUT2D eigenvalue weighted by molar-refractivity contribution is 0.0747. The van der Waals surface area contributed by atoms with E-state index in [0.717, 1.165) is 26.4 Å². The number of fused-ring (bicyclic) bond motifs is 3. The van der Waals surface area contributed by atoms with Crippen molar-refractivity contribution in [2.45, 2.75) is 13.8 Å². The number of nitrogens with zero attached hydrogens (tertiary/aromatic N) is 4. The predicted molar refractivity (Wildman–Crippen MR) is 140 cm³/mol. The third kappa shape index (κ3) is 3.86. The van der Waals surface area contributed by atoms with Crippen LogP contribution in [0.1, 0.15) is 21.5 Å². The molecule has 1 fully saturated rings. The van der Waals surface area contributed by atoms with Crippen molar-refractivity contribution in [3.63, 3.8) is 0 Å². The van der Waals surface area contributed by atoms with Gasteiger partial charge in [-0.25, -0.2) is 9.37 Å². The Morgan fingerprint density at radius 1 is 0.971 bits per heavy atom. The van der Waals surface area contributed by atoms with Crippen LogP contribution in [0.25, 0.3) is 26.4 Å². The molecule has 0 spiro atoms. The van der Waals surface area contributed by atoms with Crippen LogP contribution in [0.2, 0.25) is 0 Å². The second-order valence-electron chi connectivity index (χ2n) is 9.11. The Morgan fingerprint density at radius 3 is 2.54 bits per heavy atom. The van der Waals surface area contributed by atoms with Crippen LogP contribution in [0, 0.1) is 19.7 Å². The number of thiazole rings is 1. The molecular weight excluding hydrogens is 459 g/mol. The molecule has 5 nitrogen and oxygen atoms in total. The highest BCUT2D eigenvalue weighted by molar-refractivity contribution is 7.23. The SMILES string of the molecule is Cc1ccc(-c2cn3c(n2)sc2cc(C(=O)N4CCN(c5ccccc5F)CC4)ccc23)c(C)c1. The maximum absolute atomic E-state index is 14.1. The lowest BCUT2D eigenvalue weighted by Crippen LogP contribution is -2.49. The molecule has 3 aromatic carbocycles. The molecule has 0 saturated carbocycles. The Balaban J connectivity index is 1.22. The molecule has 176 valence electrons. The first-order chi connectivity index (χ1) is 17.0. The first-order valence-electron chi connectivity index (χ1n) is 11.8. The van der Waals surface area contributed by atoms with Crippen molar-refractivity contribution < 1.29 is 9.18 Å². The van der Waals surface area contributed by atoms with E-state index in [2.05, 4.69) is 42.6 Å². The summed E-state index contributed by atoms with van der Waals surface area (Å²) in [5.41, 5.74) is 6.88. The Morgan fingerprint density at radius 2 is 1.77 bits per heavy atom. The summed E-state index contributed by atoms with van der Waals surface area (Å²) in [6, 6.07) is 19.1. The average molecular weight is 485 g/mol. The third-order valence-electron chi connectivity index (χ3n) is 6.76. The molecule has 1 aliphatic rings. The molecule has 6 rings (SSSR count). The van der Waals surface area contributed by atoms with Gasteiger partial charge in [-0.05, 0) is 49.7 Å². The number of benzene rings is 3. The van der Waals surface area contributed by atoms with Crippen molar-refractivity contribution in [3.05, 3.63) is 89.4 Å². The first-order valence-corrected chi connectivity index (χ1v) is 12.6. The van der Waals surface area contributed by atoms with E-state index in [4.69, 9.17) is 4.98 Å². The number of carbonyl (C=O) groups excluding carboxylic acids is 1. The van der Waals surface area contributed by atoms with Crippen LogP contribution >= 0.6 is 11.3 Å². The maximum Gasteiger partial charge on any atom is 0.254 e. The van der Waals surface area contributed by atoms with Gasteiger partial charge < -0.3 is 9.80 Å². The minimum Gasteiger partial charge on any atom is -0.366 e. The van der Waals surface area contributed by atoms with Gasteiger partial charge in [-0.15, -0.1) is 0 Å². The van der Waals surface area contributed by atoms with Crippen molar-refractivity contribution in [2.75, 3.05) is 31.1 Å². The number of piperazine rings is 1. The second kappa shape index (κ2) is 8.50. The smallest absolute Gasteiger partial charge is 0.254 e. The van der Waals surface area contributed by atoms with Gasteiger partial charge in [0.2, 0.25) is 0 Å². The van der Waals surface area contributed by atoms with Crippen molar-refractivity contribution in [3.8, 4) is 11.3 Å². The molecule has 0 unspecified atom stereocenters. The van der Waals surface area contributed by atoms with Crippen molar-refractivity contribution >= 4 is 38.1 Å². The van der Waals surface area contributed by atoms with E-state index in [-0.39, 0.29) is 11.7 Å². The lowest BCUT2D eigenvalue weighted by Gasteiger charge is -2.36. The minimum atomic E-state index is -0.221. The number of rotatable bonds is 3. The first kappa shape index (κ1) is 21.8. The Labute approximate surface area is 207 Å². The van der Waals surface area contributed by atoms with Crippen molar-refractivity contribution in [1.29, 1.82) is 0 Å². The maximum atomic E-state index is 14.1. The minimum absolute atomic E-state index is 0.0158. The topological polar surface area (TPSA) is 40.9 Å². The summed E-state index contributed by atoms with van der Waals surface area (Å²) in [6.07, 6.45) is 2.08. The summed E-state index contributed by atoms with van der Waals surface area (Å²) >= 11 is 1.59. The van der Waals surface area contributed by atoms with E-state index in [9.17, 15) is 9.18 Å². The molecule has 0 aliphatic carbocycles. The van der Waals surface area contributed by atoms with Crippen LogP contribution in [-0.4, -0.2) is 46.4 Å². The van der Waals surface area contributed by atoms with Crippen LogP contribution in [0.15, 0.2) is 66.9 Å². The molecule has 1 saturated heterocycles. The summed E-state index contributed by atoms with van der Waals surface area (Å²) in [6.45, 7) is 6.57. The summed E-state index contributed by atoms with van der Waals surface area (Å²) in [5, 5.41) is 0. The van der Waals surface area contributed by atoms with Gasteiger partial charge in [0.1, 0.15) is 5.82 Å². The molecule has 0 N–H and O–H groups in total. The number of carbonyl (C=O) groups is 1. The highest BCUT2D eigenvalue weighted by Gasteiger charge is 2.24. The number of aryl methyl sites for hydroxylation is 2. The highest BCUT2D eigenvalue weighted by Crippen LogP contribution is 2.32. The number of hydrogen-bond donors (Lipinski definition) is 0. The summed E-state index contributed by atoms with van der Waals surface area (Å²) < 4.78 is 17.3. The Hall–Kier alpha value is -3.71. The Kier molecular flexibility index (Phi) is 5.29. The fourth-order valence-corrected chi connectivity index (χ4v) is 5.95. The van der Waals surface area contributed by atoms with Gasteiger partial charge in [0.05, 0.1) is 21.6 Å². The van der Waals surface area contributed by atoms with Gasteiger partial charge in [0.25, 0.3) is 5.91 Å². The largest absolute Gasteiger partial charge is 0.366 e. The van der Waals surface area contributed by atoms with Gasteiger partial charge >= 0.3 is 0 Å². The van der Waals surface area contributed by atoms with Gasteiger partial charge in [0.15, 0.2) is 4.96 Å². The molecule has 2 aromatic heterocycles. The molecule has 5 aromatic rings. The van der Waals surface area contributed by atoms with E-state index in [1.165, 1.54) is 17.2 Å². The van der Waals surface area contributed by atoms with E-state index < -0.39 is 0 Å². The quantitative estimate of drug-likeness (QED) is 0.319. The molecule has 0 radical (unpaired) electrons. The van der Waals surface area contributed by atoms with Gasteiger partial charge in [-0.3, -0.25) is 9.20 Å². The lowest BCUT2D eigenvalue weighted by atomic mass is 10.0. The van der Waals surface area contributed by atoms with Crippen LogP contribution in [0.4, 0.5) is 10.1 Å². The molecule has 0 bridgehead atoms. The average Bonchev–Trinajstić information content (AvgIpc) is 3.41. The van der Waals surface area contributed by atoms with E-state index in [1.54, 1.807) is 23.5 Å². The fraction of sp³-hybridized carbons (Fsp3) is 0.214. The van der Waals surface area contributed by atoms with Crippen molar-refractivity contribution in [1.82, 2.24) is 14.3 Å². The molecule has 35 heavy (non-hydrogen) atoms. The highest BCUT2D eigenvalue weighted by atomic mass is 32.1. The van der Waals surface area contributed by atoms with Crippen LogP contribution in [0.3, 0.4) is 0 Å². The molecule has 1 amide bonds. The number of aromatic nitrogens is 2. The number of amides is 1. The fourth-order valence-electron chi connectivity index (χ4n) is 4.91. The van der Waals surface area contributed by atoms with E-state index in [0.29, 0.717) is 37.4 Å². The van der Waals surface area contributed by atoms with E-state index >= 15 is 0 Å². The standard InChI is InChI=1S/C28H25FN4OS/c1-18-7-9-21(19(2)15-18)23-17-33-25-10-8-20(16-26(25)35-28(33)30-23)27(34)32-13-11-31(12-14-32)24-6-4-3-5-22(24)29/h3-10,15-17H,11-14H2,1-2H3. The molecular formula is C28H25FN4OS. The number of imidazole rings is 1. The van der Waals surface area contributed by atoms with E-state index in [1.807, 2.05) is 34.1 Å². The summed E-state index contributed by atoms with van der Waals surface area (Å²) in [4.78, 5) is 22.9. The summed E-state index contributed by atoms with van der Waals surface area (Å²) in [7, 11) is 0. The zero-order valence-corrected chi connectivity index (χ0v) is 20.5. The molecule has 7 heteroatoms. The second-order valence-corrected chi connectivity index (χ2v) is 10.1. The zero-order valence-electron chi connectivity index (χ0n) is 19.7. The van der Waals surface area contributed by atoms with Gasteiger partial charge in [-0.2, -0.15) is 0 Å². The molecule has 1 aliphatic heterocycles. The number of hydrogen-bond acceptors (Lipinski definition) is 4. The number of anilines is 1. The summed E-state index contributed by atoms with van der Waals surface area (Å²) in [5.74, 6) is -0.205. The van der Waals surface area contributed by atoms with Gasteiger partial charge in [0, 0.05) is 43.5 Å². The third-order valence-corrected chi connectivity index (χ3v) is 7.78. The zero-order chi connectivity index (χ0) is 24.1.